The van der Waals surface area contributed by atoms with Gasteiger partial charge < -0.3 is 15.7 Å². The number of carboxylic acid groups (broad SMARTS) is 1. The Labute approximate surface area is 135 Å². The maximum absolute atomic E-state index is 12.2. The molecule has 1 aromatic carbocycles. The average molecular weight is 318 g/mol. The van der Waals surface area contributed by atoms with Crippen molar-refractivity contribution in [2.45, 2.75) is 45.6 Å². The zero-order chi connectivity index (χ0) is 17.0. The number of benzene rings is 1. The highest BCUT2D eigenvalue weighted by Gasteiger charge is 2.25. The quantitative estimate of drug-likeness (QED) is 0.776. The highest BCUT2D eigenvalue weighted by Crippen LogP contribution is 2.24. The van der Waals surface area contributed by atoms with Gasteiger partial charge in [0.1, 0.15) is 6.04 Å². The largest absolute Gasteiger partial charge is 0.478 e. The van der Waals surface area contributed by atoms with E-state index in [-0.39, 0.29) is 23.3 Å². The fraction of sp³-hybridized carbons (Fsp3) is 0.471. The number of aryl methyl sites for hydroxylation is 1. The molecular formula is C17H22N2O4. The zero-order valence-corrected chi connectivity index (χ0v) is 13.4. The summed E-state index contributed by atoms with van der Waals surface area (Å²) < 4.78 is 0. The highest BCUT2D eigenvalue weighted by atomic mass is 16.4. The monoisotopic (exact) mass is 318 g/mol. The molecule has 1 aliphatic rings. The number of rotatable bonds is 5. The Bertz CT molecular complexity index is 621. The Morgan fingerprint density at radius 2 is 1.87 bits per heavy atom. The van der Waals surface area contributed by atoms with Gasteiger partial charge in [0, 0.05) is 11.6 Å². The highest BCUT2D eigenvalue weighted by molar-refractivity contribution is 5.98. The lowest BCUT2D eigenvalue weighted by Gasteiger charge is -2.17. The van der Waals surface area contributed by atoms with Crippen molar-refractivity contribution in [3.05, 3.63) is 29.3 Å². The summed E-state index contributed by atoms with van der Waals surface area (Å²) in [4.78, 5) is 35.2. The van der Waals surface area contributed by atoms with E-state index in [0.29, 0.717) is 11.3 Å². The fourth-order valence-corrected chi connectivity index (χ4v) is 2.82. The molecule has 1 fully saturated rings. The maximum atomic E-state index is 12.2. The van der Waals surface area contributed by atoms with E-state index >= 15 is 0 Å². The predicted molar refractivity (Wildman–Crippen MR) is 86.3 cm³/mol. The first kappa shape index (κ1) is 17.0. The van der Waals surface area contributed by atoms with E-state index in [0.717, 1.165) is 25.7 Å². The third-order valence-corrected chi connectivity index (χ3v) is 4.20. The van der Waals surface area contributed by atoms with Crippen molar-refractivity contribution >= 4 is 23.5 Å². The molecule has 6 heteroatoms. The number of anilines is 1. The van der Waals surface area contributed by atoms with E-state index in [4.69, 9.17) is 5.11 Å². The lowest BCUT2D eigenvalue weighted by atomic mass is 10.1. The molecule has 0 radical (unpaired) electrons. The van der Waals surface area contributed by atoms with Gasteiger partial charge in [0.25, 0.3) is 0 Å². The number of carbonyl (C=O) groups is 3. The average Bonchev–Trinajstić information content (AvgIpc) is 3.01. The van der Waals surface area contributed by atoms with Crippen molar-refractivity contribution in [3.63, 3.8) is 0 Å². The maximum Gasteiger partial charge on any atom is 0.335 e. The summed E-state index contributed by atoms with van der Waals surface area (Å²) >= 11 is 0. The molecule has 1 unspecified atom stereocenters. The number of hydrogen-bond donors (Lipinski definition) is 3. The van der Waals surface area contributed by atoms with Crippen molar-refractivity contribution < 1.29 is 19.5 Å². The van der Waals surface area contributed by atoms with Crippen LogP contribution in [0.25, 0.3) is 0 Å². The fourth-order valence-electron chi connectivity index (χ4n) is 2.82. The lowest BCUT2D eigenvalue weighted by Crippen LogP contribution is -2.43. The molecule has 6 nitrogen and oxygen atoms in total. The molecule has 0 heterocycles. The van der Waals surface area contributed by atoms with Crippen LogP contribution in [0.1, 0.15) is 48.5 Å². The molecule has 0 aliphatic heterocycles. The van der Waals surface area contributed by atoms with E-state index in [9.17, 15) is 14.4 Å². The molecule has 0 spiro atoms. The zero-order valence-electron chi connectivity index (χ0n) is 13.4. The van der Waals surface area contributed by atoms with Gasteiger partial charge in [-0.15, -0.1) is 0 Å². The summed E-state index contributed by atoms with van der Waals surface area (Å²) in [5.41, 5.74) is 1.28. The molecule has 1 aliphatic carbocycles. The summed E-state index contributed by atoms with van der Waals surface area (Å²) in [6.07, 6.45) is 3.90. The minimum Gasteiger partial charge on any atom is -0.478 e. The van der Waals surface area contributed by atoms with Crippen LogP contribution >= 0.6 is 0 Å². The molecular weight excluding hydrogens is 296 g/mol. The lowest BCUT2D eigenvalue weighted by molar-refractivity contribution is -0.128. The van der Waals surface area contributed by atoms with Crippen LogP contribution in [-0.4, -0.2) is 28.9 Å². The van der Waals surface area contributed by atoms with Crippen LogP contribution in [0.5, 0.6) is 0 Å². The van der Waals surface area contributed by atoms with Crippen molar-refractivity contribution in [3.8, 4) is 0 Å². The van der Waals surface area contributed by atoms with Crippen LogP contribution in [0.15, 0.2) is 18.2 Å². The van der Waals surface area contributed by atoms with Gasteiger partial charge in [0.15, 0.2) is 0 Å². The first-order chi connectivity index (χ1) is 10.9. The van der Waals surface area contributed by atoms with Crippen LogP contribution in [0.4, 0.5) is 5.69 Å². The Balaban J connectivity index is 1.94. The van der Waals surface area contributed by atoms with Crippen LogP contribution in [-0.2, 0) is 9.59 Å². The topological polar surface area (TPSA) is 95.5 Å². The van der Waals surface area contributed by atoms with E-state index in [1.54, 1.807) is 26.0 Å². The Hall–Kier alpha value is -2.37. The van der Waals surface area contributed by atoms with Crippen molar-refractivity contribution in [1.82, 2.24) is 5.32 Å². The van der Waals surface area contributed by atoms with Crippen LogP contribution in [0.3, 0.4) is 0 Å². The van der Waals surface area contributed by atoms with Gasteiger partial charge in [-0.25, -0.2) is 4.79 Å². The Kier molecular flexibility index (Phi) is 5.36. The number of carboxylic acids is 1. The van der Waals surface area contributed by atoms with Crippen LogP contribution in [0, 0.1) is 12.8 Å². The van der Waals surface area contributed by atoms with E-state index in [1.807, 2.05) is 0 Å². The summed E-state index contributed by atoms with van der Waals surface area (Å²) in [6.45, 7) is 3.31. The van der Waals surface area contributed by atoms with Crippen molar-refractivity contribution in [2.75, 3.05) is 5.32 Å². The summed E-state index contributed by atoms with van der Waals surface area (Å²) in [7, 11) is 0. The smallest absolute Gasteiger partial charge is 0.335 e. The Morgan fingerprint density at radius 1 is 1.22 bits per heavy atom. The van der Waals surface area contributed by atoms with Gasteiger partial charge in [0.2, 0.25) is 11.8 Å². The number of amides is 2. The van der Waals surface area contributed by atoms with Gasteiger partial charge in [-0.2, -0.15) is 0 Å². The molecule has 124 valence electrons. The SMILES string of the molecule is Cc1cc(NC(=O)C(C)NC(=O)C2CCCC2)ccc1C(=O)O. The second kappa shape index (κ2) is 7.26. The third-order valence-electron chi connectivity index (χ3n) is 4.20. The number of aromatic carboxylic acids is 1. The van der Waals surface area contributed by atoms with Crippen molar-refractivity contribution in [1.29, 1.82) is 0 Å². The second-order valence-corrected chi connectivity index (χ2v) is 6.04. The second-order valence-electron chi connectivity index (χ2n) is 6.04. The van der Waals surface area contributed by atoms with Crippen LogP contribution in [0.2, 0.25) is 0 Å². The van der Waals surface area contributed by atoms with Crippen molar-refractivity contribution in [2.24, 2.45) is 5.92 Å². The molecule has 1 atom stereocenters. The van der Waals surface area contributed by atoms with Gasteiger partial charge in [-0.3, -0.25) is 9.59 Å². The molecule has 2 amide bonds. The van der Waals surface area contributed by atoms with Crippen LogP contribution < -0.4 is 10.6 Å². The molecule has 1 aromatic rings. The van der Waals surface area contributed by atoms with Gasteiger partial charge in [-0.05, 0) is 50.5 Å². The molecule has 0 aromatic heterocycles. The number of hydrogen-bond acceptors (Lipinski definition) is 3. The summed E-state index contributed by atoms with van der Waals surface area (Å²) in [5.74, 6) is -1.37. The van der Waals surface area contributed by atoms with Gasteiger partial charge in [0.05, 0.1) is 5.56 Å². The van der Waals surface area contributed by atoms with E-state index in [1.165, 1.54) is 6.07 Å². The first-order valence-electron chi connectivity index (χ1n) is 7.83. The molecule has 3 N–H and O–H groups in total. The molecule has 0 saturated heterocycles. The standard InChI is InChI=1S/C17H22N2O4/c1-10-9-13(7-8-14(10)17(22)23)19-15(20)11(2)18-16(21)12-5-3-4-6-12/h7-9,11-12H,3-6H2,1-2H3,(H,18,21)(H,19,20)(H,22,23). The molecule has 2 rings (SSSR count). The third kappa shape index (κ3) is 4.31. The number of carbonyl (C=O) groups excluding carboxylic acids is 2. The molecule has 1 saturated carbocycles. The van der Waals surface area contributed by atoms with E-state index < -0.39 is 12.0 Å². The molecule has 0 bridgehead atoms. The van der Waals surface area contributed by atoms with Gasteiger partial charge >= 0.3 is 5.97 Å². The summed E-state index contributed by atoms with van der Waals surface area (Å²) in [6, 6.07) is 3.96. The van der Waals surface area contributed by atoms with E-state index in [2.05, 4.69) is 10.6 Å². The first-order valence-corrected chi connectivity index (χ1v) is 7.83. The van der Waals surface area contributed by atoms with Gasteiger partial charge in [-0.1, -0.05) is 12.8 Å². The number of nitrogens with one attached hydrogen (secondary N) is 2. The predicted octanol–water partition coefficient (Wildman–Crippen LogP) is 2.33. The normalized spacial score (nSPS) is 15.9. The minimum atomic E-state index is -1.00. The minimum absolute atomic E-state index is 0.0161. The Morgan fingerprint density at radius 3 is 2.43 bits per heavy atom. The summed E-state index contributed by atoms with van der Waals surface area (Å²) in [5, 5.41) is 14.4. The molecule has 23 heavy (non-hydrogen) atoms.